The van der Waals surface area contributed by atoms with Crippen molar-refractivity contribution in [1.29, 1.82) is 0 Å². The summed E-state index contributed by atoms with van der Waals surface area (Å²) < 4.78 is 28.0. The van der Waals surface area contributed by atoms with E-state index in [0.717, 1.165) is 4.72 Å². The predicted molar refractivity (Wildman–Crippen MR) is 27.3 cm³/mol. The van der Waals surface area contributed by atoms with Crippen molar-refractivity contribution >= 4 is 22.2 Å². The maximum Gasteiger partial charge on any atom is 0.395 e. The van der Waals surface area contributed by atoms with Crippen LogP contribution < -0.4 is 4.72 Å². The SMILES string of the molecule is O=C(O)C(=O)NS(=O)(=O)O. The summed E-state index contributed by atoms with van der Waals surface area (Å²) in [5, 5.41) is 7.76. The van der Waals surface area contributed by atoms with E-state index in [-0.39, 0.29) is 0 Å². The van der Waals surface area contributed by atoms with Crippen molar-refractivity contribution in [2.75, 3.05) is 0 Å². The van der Waals surface area contributed by atoms with Crippen LogP contribution in [0.3, 0.4) is 0 Å². The summed E-state index contributed by atoms with van der Waals surface area (Å²) in [5.74, 6) is -3.79. The maximum absolute atomic E-state index is 9.91. The summed E-state index contributed by atoms with van der Waals surface area (Å²) in [5.41, 5.74) is 0. The van der Waals surface area contributed by atoms with Crippen LogP contribution in [-0.4, -0.2) is 30.0 Å². The molecule has 58 valence electrons. The van der Waals surface area contributed by atoms with Gasteiger partial charge in [0, 0.05) is 0 Å². The molecule has 0 aliphatic carbocycles. The normalized spacial score (nSPS) is 10.5. The van der Waals surface area contributed by atoms with E-state index < -0.39 is 22.2 Å². The minimum absolute atomic E-state index is 0.808. The standard InChI is InChI=1S/C2H3NO6S/c4-1(2(5)6)3-10(7,8)9/h(H,3,4)(H,5,6)(H,7,8,9). The molecule has 0 aliphatic heterocycles. The van der Waals surface area contributed by atoms with Gasteiger partial charge in [-0.3, -0.25) is 9.35 Å². The molecule has 1 amide bonds. The Hall–Kier alpha value is -1.15. The monoisotopic (exact) mass is 169 g/mol. The number of hydrogen-bond acceptors (Lipinski definition) is 4. The van der Waals surface area contributed by atoms with E-state index in [2.05, 4.69) is 0 Å². The number of aliphatic carboxylic acids is 1. The van der Waals surface area contributed by atoms with Gasteiger partial charge in [-0.25, -0.2) is 9.52 Å². The second-order valence-electron chi connectivity index (χ2n) is 1.21. The van der Waals surface area contributed by atoms with Gasteiger partial charge in [-0.05, 0) is 0 Å². The maximum atomic E-state index is 9.91. The molecule has 0 bridgehead atoms. The Kier molecular flexibility index (Phi) is 2.32. The Balaban J connectivity index is 4.21. The fraction of sp³-hybridized carbons (Fsp3) is 0. The first kappa shape index (κ1) is 8.85. The quantitative estimate of drug-likeness (QED) is 0.308. The van der Waals surface area contributed by atoms with Crippen LogP contribution in [0.2, 0.25) is 0 Å². The zero-order valence-electron chi connectivity index (χ0n) is 4.44. The molecule has 0 unspecified atom stereocenters. The van der Waals surface area contributed by atoms with Crippen molar-refractivity contribution in [3.8, 4) is 0 Å². The third-order valence-corrected chi connectivity index (χ3v) is 0.859. The number of carboxylic acid groups (broad SMARTS) is 1. The summed E-state index contributed by atoms with van der Waals surface area (Å²) in [7, 11) is -4.75. The second-order valence-corrected chi connectivity index (χ2v) is 2.37. The highest BCUT2D eigenvalue weighted by molar-refractivity contribution is 7.84. The molecule has 7 nitrogen and oxygen atoms in total. The van der Waals surface area contributed by atoms with Gasteiger partial charge in [0.2, 0.25) is 0 Å². The summed E-state index contributed by atoms with van der Waals surface area (Å²) >= 11 is 0. The van der Waals surface area contributed by atoms with Crippen LogP contribution in [0.1, 0.15) is 0 Å². The first-order chi connectivity index (χ1) is 4.33. The minimum atomic E-state index is -4.75. The number of carboxylic acids is 1. The molecule has 0 aromatic carbocycles. The van der Waals surface area contributed by atoms with Gasteiger partial charge in [0.25, 0.3) is 0 Å². The predicted octanol–water partition coefficient (Wildman–Crippen LogP) is -2.01. The first-order valence-corrected chi connectivity index (χ1v) is 3.29. The molecular formula is C2H3NO6S. The zero-order valence-corrected chi connectivity index (χ0v) is 5.25. The third kappa shape index (κ3) is 3.80. The van der Waals surface area contributed by atoms with Gasteiger partial charge in [0.1, 0.15) is 0 Å². The molecule has 0 spiro atoms. The van der Waals surface area contributed by atoms with Crippen LogP contribution in [0.5, 0.6) is 0 Å². The molecule has 0 saturated heterocycles. The zero-order chi connectivity index (χ0) is 8.36. The Morgan fingerprint density at radius 3 is 1.80 bits per heavy atom. The van der Waals surface area contributed by atoms with Crippen LogP contribution in [0.4, 0.5) is 0 Å². The molecule has 0 heterocycles. The van der Waals surface area contributed by atoms with E-state index >= 15 is 0 Å². The molecule has 0 atom stereocenters. The third-order valence-electron chi connectivity index (χ3n) is 0.416. The van der Waals surface area contributed by atoms with Crippen LogP contribution in [0.15, 0.2) is 0 Å². The van der Waals surface area contributed by atoms with Gasteiger partial charge in [-0.2, -0.15) is 8.42 Å². The molecule has 10 heavy (non-hydrogen) atoms. The average Bonchev–Trinajstić information content (AvgIpc) is 1.60. The van der Waals surface area contributed by atoms with E-state index in [1.54, 1.807) is 0 Å². The van der Waals surface area contributed by atoms with Crippen molar-refractivity contribution in [3.63, 3.8) is 0 Å². The highest BCUT2D eigenvalue weighted by atomic mass is 32.2. The summed E-state index contributed by atoms with van der Waals surface area (Å²) in [4.78, 5) is 19.5. The fourth-order valence-corrected chi connectivity index (χ4v) is 0.482. The average molecular weight is 169 g/mol. The number of carbonyl (C=O) groups is 2. The van der Waals surface area contributed by atoms with Crippen LogP contribution in [0, 0.1) is 0 Å². The van der Waals surface area contributed by atoms with Gasteiger partial charge in [-0.15, -0.1) is 0 Å². The molecule has 0 aliphatic rings. The van der Waals surface area contributed by atoms with Crippen molar-refractivity contribution < 1.29 is 27.7 Å². The fourth-order valence-electron chi connectivity index (χ4n) is 0.161. The van der Waals surface area contributed by atoms with E-state index in [1.165, 1.54) is 0 Å². The Bertz CT molecular complexity index is 251. The minimum Gasteiger partial charge on any atom is -0.474 e. The lowest BCUT2D eigenvalue weighted by Gasteiger charge is -1.93. The van der Waals surface area contributed by atoms with Crippen molar-refractivity contribution in [2.24, 2.45) is 0 Å². The number of hydrogen-bond donors (Lipinski definition) is 3. The van der Waals surface area contributed by atoms with Gasteiger partial charge in [0.05, 0.1) is 0 Å². The van der Waals surface area contributed by atoms with Crippen molar-refractivity contribution in [3.05, 3.63) is 0 Å². The summed E-state index contributed by atoms with van der Waals surface area (Å²) in [6, 6.07) is 0. The van der Waals surface area contributed by atoms with Gasteiger partial charge >= 0.3 is 22.2 Å². The molecular weight excluding hydrogens is 166 g/mol. The highest BCUT2D eigenvalue weighted by Gasteiger charge is 2.16. The number of rotatable bonds is 1. The molecule has 0 fully saturated rings. The lowest BCUT2D eigenvalue weighted by atomic mass is 10.7. The van der Waals surface area contributed by atoms with Crippen molar-refractivity contribution in [1.82, 2.24) is 4.72 Å². The van der Waals surface area contributed by atoms with E-state index in [9.17, 15) is 18.0 Å². The number of amides is 1. The Morgan fingerprint density at radius 2 is 1.70 bits per heavy atom. The van der Waals surface area contributed by atoms with E-state index in [0.29, 0.717) is 0 Å². The largest absolute Gasteiger partial charge is 0.474 e. The van der Waals surface area contributed by atoms with Gasteiger partial charge in [-0.1, -0.05) is 0 Å². The Labute approximate surface area is 55.5 Å². The second kappa shape index (κ2) is 2.62. The molecule has 3 N–H and O–H groups in total. The highest BCUT2D eigenvalue weighted by Crippen LogP contribution is 1.73. The van der Waals surface area contributed by atoms with Gasteiger partial charge in [0.15, 0.2) is 0 Å². The number of carbonyl (C=O) groups excluding carboxylic acids is 1. The lowest BCUT2D eigenvalue weighted by molar-refractivity contribution is -0.149. The molecule has 0 rings (SSSR count). The summed E-state index contributed by atoms with van der Waals surface area (Å²) in [6.07, 6.45) is 0. The number of nitrogens with one attached hydrogen (secondary N) is 1. The van der Waals surface area contributed by atoms with Crippen LogP contribution in [-0.2, 0) is 19.9 Å². The van der Waals surface area contributed by atoms with Crippen LogP contribution >= 0.6 is 0 Å². The molecule has 0 aromatic heterocycles. The van der Waals surface area contributed by atoms with E-state index in [4.69, 9.17) is 9.66 Å². The lowest BCUT2D eigenvalue weighted by Crippen LogP contribution is -2.35. The van der Waals surface area contributed by atoms with E-state index in [1.807, 2.05) is 0 Å². The van der Waals surface area contributed by atoms with Crippen LogP contribution in [0.25, 0.3) is 0 Å². The smallest absolute Gasteiger partial charge is 0.395 e. The molecule has 0 saturated carbocycles. The van der Waals surface area contributed by atoms with Gasteiger partial charge < -0.3 is 5.11 Å². The topological polar surface area (TPSA) is 121 Å². The molecule has 0 radical (unpaired) electrons. The Morgan fingerprint density at radius 1 is 1.30 bits per heavy atom. The van der Waals surface area contributed by atoms with Crippen molar-refractivity contribution in [2.45, 2.75) is 0 Å². The molecule has 8 heteroatoms. The molecule has 0 aromatic rings. The summed E-state index contributed by atoms with van der Waals surface area (Å²) in [6.45, 7) is 0. The first-order valence-electron chi connectivity index (χ1n) is 1.85.